The van der Waals surface area contributed by atoms with Gasteiger partial charge in [-0.15, -0.1) is 0 Å². The van der Waals surface area contributed by atoms with Crippen LogP contribution in [-0.2, 0) is 4.79 Å². The lowest BCUT2D eigenvalue weighted by Gasteiger charge is -2.14. The molecular weight excluding hydrogens is 218 g/mol. The first kappa shape index (κ1) is 12.4. The van der Waals surface area contributed by atoms with Crippen LogP contribution in [0.1, 0.15) is 25.3 Å². The Morgan fingerprint density at radius 3 is 2.56 bits per heavy atom. The Morgan fingerprint density at radius 2 is 2.06 bits per heavy atom. The normalized spacial score (nSPS) is 11.6. The van der Waals surface area contributed by atoms with Crippen molar-refractivity contribution in [2.24, 2.45) is 0 Å². The third kappa shape index (κ3) is 2.92. The number of aliphatic carboxylic acids is 1. The number of carbonyl (C=O) groups is 1. The van der Waals surface area contributed by atoms with Crippen LogP contribution in [0.4, 0.5) is 8.78 Å². The summed E-state index contributed by atoms with van der Waals surface area (Å²) in [6, 6.07) is 6.00. The molecule has 0 aliphatic carbocycles. The highest BCUT2D eigenvalue weighted by atomic mass is 19.3. The maximum atomic E-state index is 12.7. The summed E-state index contributed by atoms with van der Waals surface area (Å²) in [6.45, 7) is 3.79. The third-order valence-electron chi connectivity index (χ3n) is 2.02. The Kier molecular flexibility index (Phi) is 3.47. The molecule has 0 amide bonds. The van der Waals surface area contributed by atoms with E-state index in [0.717, 1.165) is 5.56 Å². The smallest absolute Gasteiger partial charge is 0.474 e. The number of benzene rings is 1. The molecule has 0 aliphatic heterocycles. The van der Waals surface area contributed by atoms with Gasteiger partial charge in [-0.3, -0.25) is 0 Å². The van der Waals surface area contributed by atoms with E-state index in [4.69, 9.17) is 5.11 Å². The lowest BCUT2D eigenvalue weighted by molar-refractivity contribution is -0.210. The van der Waals surface area contributed by atoms with Crippen LogP contribution >= 0.6 is 0 Å². The number of carboxylic acid groups (broad SMARTS) is 1. The van der Waals surface area contributed by atoms with E-state index in [1.807, 2.05) is 13.8 Å². The number of halogens is 2. The minimum Gasteiger partial charge on any atom is -0.474 e. The van der Waals surface area contributed by atoms with E-state index in [1.165, 1.54) is 12.1 Å². The number of rotatable bonds is 4. The van der Waals surface area contributed by atoms with Crippen LogP contribution in [0.2, 0.25) is 0 Å². The van der Waals surface area contributed by atoms with E-state index in [2.05, 4.69) is 4.74 Å². The topological polar surface area (TPSA) is 46.5 Å². The fourth-order valence-electron chi connectivity index (χ4n) is 1.13. The van der Waals surface area contributed by atoms with Gasteiger partial charge in [-0.2, -0.15) is 8.78 Å². The first-order valence-corrected chi connectivity index (χ1v) is 4.73. The van der Waals surface area contributed by atoms with Crippen LogP contribution in [-0.4, -0.2) is 17.2 Å². The standard InChI is InChI=1S/C11H12F2O3/c1-7(2)8-4-3-5-9(6-8)16-11(12,13)10(14)15/h3-7H,1-2H3,(H,14,15). The quantitative estimate of drug-likeness (QED) is 0.865. The van der Waals surface area contributed by atoms with Gasteiger partial charge in [0.1, 0.15) is 5.75 Å². The molecule has 0 spiro atoms. The van der Waals surface area contributed by atoms with Crippen molar-refractivity contribution in [3.05, 3.63) is 29.8 Å². The van der Waals surface area contributed by atoms with Crippen LogP contribution in [0.15, 0.2) is 24.3 Å². The van der Waals surface area contributed by atoms with Crippen molar-refractivity contribution in [3.63, 3.8) is 0 Å². The predicted molar refractivity (Wildman–Crippen MR) is 53.7 cm³/mol. The summed E-state index contributed by atoms with van der Waals surface area (Å²) in [7, 11) is 0. The molecule has 0 saturated heterocycles. The average molecular weight is 230 g/mol. The summed E-state index contributed by atoms with van der Waals surface area (Å²) in [4.78, 5) is 10.2. The average Bonchev–Trinajstić information content (AvgIpc) is 2.17. The minimum absolute atomic E-state index is 0.154. The van der Waals surface area contributed by atoms with Crippen LogP contribution < -0.4 is 4.74 Å². The second-order valence-corrected chi connectivity index (χ2v) is 3.65. The summed E-state index contributed by atoms with van der Waals surface area (Å²) in [5.74, 6) is -2.30. The zero-order valence-electron chi connectivity index (χ0n) is 8.91. The van der Waals surface area contributed by atoms with Crippen molar-refractivity contribution in [3.8, 4) is 5.75 Å². The number of ether oxygens (including phenoxy) is 1. The number of hydrogen-bond acceptors (Lipinski definition) is 2. The molecule has 0 unspecified atom stereocenters. The summed E-state index contributed by atoms with van der Waals surface area (Å²) in [5, 5.41) is 8.21. The molecule has 1 aromatic rings. The fourth-order valence-corrected chi connectivity index (χ4v) is 1.13. The molecule has 1 rings (SSSR count). The maximum Gasteiger partial charge on any atom is 0.501 e. The van der Waals surface area contributed by atoms with E-state index in [9.17, 15) is 13.6 Å². The monoisotopic (exact) mass is 230 g/mol. The van der Waals surface area contributed by atoms with Crippen LogP contribution in [0.3, 0.4) is 0 Å². The molecule has 0 radical (unpaired) electrons. The van der Waals surface area contributed by atoms with Crippen molar-refractivity contribution >= 4 is 5.97 Å². The first-order valence-electron chi connectivity index (χ1n) is 4.73. The fraction of sp³-hybridized carbons (Fsp3) is 0.364. The van der Waals surface area contributed by atoms with E-state index < -0.39 is 12.1 Å². The van der Waals surface area contributed by atoms with Gasteiger partial charge in [0.25, 0.3) is 0 Å². The van der Waals surface area contributed by atoms with Gasteiger partial charge in [-0.25, -0.2) is 4.79 Å². The lowest BCUT2D eigenvalue weighted by Crippen LogP contribution is -2.34. The van der Waals surface area contributed by atoms with E-state index in [1.54, 1.807) is 12.1 Å². The highest BCUT2D eigenvalue weighted by Gasteiger charge is 2.42. The summed E-state index contributed by atoms with van der Waals surface area (Å²) < 4.78 is 29.6. The lowest BCUT2D eigenvalue weighted by atomic mass is 10.0. The number of hydrogen-bond donors (Lipinski definition) is 1. The number of carboxylic acids is 1. The van der Waals surface area contributed by atoms with Crippen LogP contribution in [0.25, 0.3) is 0 Å². The molecule has 0 bridgehead atoms. The highest BCUT2D eigenvalue weighted by molar-refractivity contribution is 5.73. The van der Waals surface area contributed by atoms with Gasteiger partial charge in [0.15, 0.2) is 0 Å². The van der Waals surface area contributed by atoms with Gasteiger partial charge in [0.2, 0.25) is 0 Å². The zero-order valence-corrected chi connectivity index (χ0v) is 8.91. The van der Waals surface area contributed by atoms with Crippen molar-refractivity contribution < 1.29 is 23.4 Å². The van der Waals surface area contributed by atoms with Gasteiger partial charge in [0, 0.05) is 0 Å². The second-order valence-electron chi connectivity index (χ2n) is 3.65. The van der Waals surface area contributed by atoms with Crippen LogP contribution in [0.5, 0.6) is 5.75 Å². The Labute approximate surface area is 91.7 Å². The molecule has 0 heterocycles. The van der Waals surface area contributed by atoms with Gasteiger partial charge in [-0.05, 0) is 23.6 Å². The summed E-state index contributed by atoms with van der Waals surface area (Å²) in [5.41, 5.74) is 0.804. The largest absolute Gasteiger partial charge is 0.501 e. The van der Waals surface area contributed by atoms with E-state index in [-0.39, 0.29) is 11.7 Å². The molecule has 1 N–H and O–H groups in total. The van der Waals surface area contributed by atoms with Crippen LogP contribution in [0, 0.1) is 0 Å². The molecular formula is C11H12F2O3. The SMILES string of the molecule is CC(C)c1cccc(OC(F)(F)C(=O)O)c1. The van der Waals surface area contributed by atoms with Crippen molar-refractivity contribution in [2.75, 3.05) is 0 Å². The third-order valence-corrected chi connectivity index (χ3v) is 2.02. The Hall–Kier alpha value is -1.65. The second kappa shape index (κ2) is 4.47. The predicted octanol–water partition coefficient (Wildman–Crippen LogP) is 2.87. The Balaban J connectivity index is 2.90. The van der Waals surface area contributed by atoms with E-state index >= 15 is 0 Å². The van der Waals surface area contributed by atoms with Gasteiger partial charge < -0.3 is 9.84 Å². The van der Waals surface area contributed by atoms with Crippen molar-refractivity contribution in [2.45, 2.75) is 25.9 Å². The molecule has 88 valence electrons. The molecule has 0 saturated carbocycles. The highest BCUT2D eigenvalue weighted by Crippen LogP contribution is 2.25. The Bertz CT molecular complexity index is 389. The molecule has 0 atom stereocenters. The Morgan fingerprint density at radius 1 is 1.44 bits per heavy atom. The van der Waals surface area contributed by atoms with Gasteiger partial charge in [-0.1, -0.05) is 26.0 Å². The minimum atomic E-state index is -4.20. The maximum absolute atomic E-state index is 12.7. The summed E-state index contributed by atoms with van der Waals surface area (Å²) in [6.07, 6.45) is -4.20. The zero-order chi connectivity index (χ0) is 12.3. The molecule has 5 heteroatoms. The first-order chi connectivity index (χ1) is 7.33. The molecule has 0 fully saturated rings. The number of alkyl halides is 2. The van der Waals surface area contributed by atoms with Crippen molar-refractivity contribution in [1.82, 2.24) is 0 Å². The van der Waals surface area contributed by atoms with Gasteiger partial charge in [0.05, 0.1) is 0 Å². The van der Waals surface area contributed by atoms with Gasteiger partial charge >= 0.3 is 12.1 Å². The molecule has 3 nitrogen and oxygen atoms in total. The molecule has 0 aliphatic rings. The molecule has 0 aromatic heterocycles. The molecule has 1 aromatic carbocycles. The van der Waals surface area contributed by atoms with Crippen molar-refractivity contribution in [1.29, 1.82) is 0 Å². The molecule has 16 heavy (non-hydrogen) atoms. The summed E-state index contributed by atoms with van der Waals surface area (Å²) >= 11 is 0. The van der Waals surface area contributed by atoms with E-state index in [0.29, 0.717) is 0 Å².